The van der Waals surface area contributed by atoms with Crippen LogP contribution < -0.4 is 0 Å². The normalized spacial score (nSPS) is 10.9. The molecule has 2 aromatic heterocycles. The molecule has 18 heavy (non-hydrogen) atoms. The molecule has 0 fully saturated rings. The van der Waals surface area contributed by atoms with Crippen LogP contribution in [0.2, 0.25) is 5.02 Å². The molecule has 0 aliphatic carbocycles. The maximum atomic E-state index is 9.69. The van der Waals surface area contributed by atoms with Gasteiger partial charge in [-0.25, -0.2) is 4.98 Å². The molecule has 0 bridgehead atoms. The van der Waals surface area contributed by atoms with Crippen molar-refractivity contribution in [3.63, 3.8) is 0 Å². The van der Waals surface area contributed by atoms with Crippen molar-refractivity contribution in [2.45, 2.75) is 6.42 Å². The highest BCUT2D eigenvalue weighted by atomic mass is 35.5. The quantitative estimate of drug-likeness (QED) is 0.766. The Balaban J connectivity index is 1.95. The molecule has 1 N–H and O–H groups in total. The van der Waals surface area contributed by atoms with Gasteiger partial charge in [0.25, 0.3) is 0 Å². The van der Waals surface area contributed by atoms with E-state index in [0.717, 1.165) is 22.7 Å². The Morgan fingerprint density at radius 3 is 2.67 bits per heavy atom. The van der Waals surface area contributed by atoms with Gasteiger partial charge in [0.05, 0.1) is 5.69 Å². The molecule has 0 amide bonds. The van der Waals surface area contributed by atoms with Crippen LogP contribution in [0.1, 0.15) is 11.3 Å². The molecule has 3 nitrogen and oxygen atoms in total. The van der Waals surface area contributed by atoms with Crippen molar-refractivity contribution in [1.29, 1.82) is 0 Å². The summed E-state index contributed by atoms with van der Waals surface area (Å²) >= 11 is 5.85. The van der Waals surface area contributed by atoms with Crippen LogP contribution in [-0.4, -0.2) is 14.5 Å². The summed E-state index contributed by atoms with van der Waals surface area (Å²) in [6, 6.07) is 11.1. The number of benzene rings is 1. The summed E-state index contributed by atoms with van der Waals surface area (Å²) < 4.78 is 1.82. The van der Waals surface area contributed by atoms with Gasteiger partial charge >= 0.3 is 0 Å². The number of pyridine rings is 1. The summed E-state index contributed by atoms with van der Waals surface area (Å²) in [5.41, 5.74) is 2.64. The maximum absolute atomic E-state index is 9.69. The Morgan fingerprint density at radius 1 is 1.17 bits per heavy atom. The largest absolute Gasteiger partial charge is 0.504 e. The van der Waals surface area contributed by atoms with Crippen molar-refractivity contribution in [2.24, 2.45) is 0 Å². The van der Waals surface area contributed by atoms with E-state index in [0.29, 0.717) is 5.65 Å². The third-order valence-electron chi connectivity index (χ3n) is 2.81. The molecule has 2 heterocycles. The number of fused-ring (bicyclic) bond motifs is 1. The van der Waals surface area contributed by atoms with Crippen LogP contribution in [0.15, 0.2) is 48.8 Å². The first-order chi connectivity index (χ1) is 8.72. The fourth-order valence-electron chi connectivity index (χ4n) is 1.95. The smallest absolute Gasteiger partial charge is 0.179 e. The van der Waals surface area contributed by atoms with Gasteiger partial charge in [0, 0.05) is 23.8 Å². The molecule has 0 radical (unpaired) electrons. The van der Waals surface area contributed by atoms with E-state index in [2.05, 4.69) is 4.98 Å². The van der Waals surface area contributed by atoms with Crippen LogP contribution in [-0.2, 0) is 6.42 Å². The third kappa shape index (κ3) is 2.05. The molecule has 3 rings (SSSR count). The first-order valence-corrected chi connectivity index (χ1v) is 6.00. The van der Waals surface area contributed by atoms with Crippen molar-refractivity contribution in [2.75, 3.05) is 0 Å². The predicted molar refractivity (Wildman–Crippen MR) is 71.1 cm³/mol. The lowest BCUT2D eigenvalue weighted by Crippen LogP contribution is -1.87. The fraction of sp³-hybridized carbons (Fsp3) is 0.0714. The van der Waals surface area contributed by atoms with Gasteiger partial charge in [-0.3, -0.25) is 0 Å². The first-order valence-electron chi connectivity index (χ1n) is 5.62. The second-order valence-electron chi connectivity index (χ2n) is 4.16. The van der Waals surface area contributed by atoms with Gasteiger partial charge in [0.15, 0.2) is 11.4 Å². The zero-order chi connectivity index (χ0) is 12.5. The zero-order valence-corrected chi connectivity index (χ0v) is 10.3. The van der Waals surface area contributed by atoms with E-state index in [1.807, 2.05) is 41.1 Å². The van der Waals surface area contributed by atoms with Crippen LogP contribution in [0.5, 0.6) is 5.75 Å². The number of hydrogen-bond donors (Lipinski definition) is 1. The number of halogens is 1. The van der Waals surface area contributed by atoms with Crippen LogP contribution in [0.4, 0.5) is 0 Å². The van der Waals surface area contributed by atoms with Crippen LogP contribution in [0.3, 0.4) is 0 Å². The number of imidazole rings is 1. The third-order valence-corrected chi connectivity index (χ3v) is 3.06. The summed E-state index contributed by atoms with van der Waals surface area (Å²) in [7, 11) is 0. The van der Waals surface area contributed by atoms with Gasteiger partial charge in [0.2, 0.25) is 0 Å². The summed E-state index contributed by atoms with van der Waals surface area (Å²) in [5.74, 6) is 0.194. The van der Waals surface area contributed by atoms with E-state index in [9.17, 15) is 5.11 Å². The molecule has 1 aromatic carbocycles. The monoisotopic (exact) mass is 258 g/mol. The van der Waals surface area contributed by atoms with E-state index in [1.54, 1.807) is 12.1 Å². The van der Waals surface area contributed by atoms with E-state index < -0.39 is 0 Å². The van der Waals surface area contributed by atoms with Crippen molar-refractivity contribution >= 4 is 17.2 Å². The Kier molecular flexibility index (Phi) is 2.68. The highest BCUT2D eigenvalue weighted by Gasteiger charge is 2.05. The van der Waals surface area contributed by atoms with Gasteiger partial charge in [-0.1, -0.05) is 23.7 Å². The van der Waals surface area contributed by atoms with Gasteiger partial charge in [0.1, 0.15) is 0 Å². The number of rotatable bonds is 2. The molecule has 0 unspecified atom stereocenters. The molecule has 0 aliphatic rings. The number of nitrogens with zero attached hydrogens (tertiary/aromatic N) is 2. The SMILES string of the molecule is Oc1cccn2cc(Cc3ccc(Cl)cc3)nc12. The van der Waals surface area contributed by atoms with Crippen molar-refractivity contribution in [1.82, 2.24) is 9.38 Å². The van der Waals surface area contributed by atoms with Crippen LogP contribution in [0, 0.1) is 0 Å². The summed E-state index contributed by atoms with van der Waals surface area (Å²) in [4.78, 5) is 4.41. The Hall–Kier alpha value is -2.00. The second kappa shape index (κ2) is 4.35. The summed E-state index contributed by atoms with van der Waals surface area (Å²) in [6.07, 6.45) is 4.51. The summed E-state index contributed by atoms with van der Waals surface area (Å²) in [5, 5.41) is 10.4. The second-order valence-corrected chi connectivity index (χ2v) is 4.60. The lowest BCUT2D eigenvalue weighted by molar-refractivity contribution is 0.477. The predicted octanol–water partition coefficient (Wildman–Crippen LogP) is 3.28. The molecule has 0 spiro atoms. The summed E-state index contributed by atoms with van der Waals surface area (Å²) in [6.45, 7) is 0. The molecule has 0 aliphatic heterocycles. The molecule has 0 saturated heterocycles. The average molecular weight is 259 g/mol. The highest BCUT2D eigenvalue weighted by molar-refractivity contribution is 6.30. The van der Waals surface area contributed by atoms with Crippen molar-refractivity contribution < 1.29 is 5.11 Å². The van der Waals surface area contributed by atoms with Crippen LogP contribution >= 0.6 is 11.6 Å². The fourth-order valence-corrected chi connectivity index (χ4v) is 2.07. The van der Waals surface area contributed by atoms with E-state index in [-0.39, 0.29) is 5.75 Å². The van der Waals surface area contributed by atoms with Crippen molar-refractivity contribution in [3.05, 3.63) is 65.1 Å². The Bertz CT molecular complexity index is 689. The van der Waals surface area contributed by atoms with E-state index >= 15 is 0 Å². The van der Waals surface area contributed by atoms with E-state index in [1.165, 1.54) is 0 Å². The van der Waals surface area contributed by atoms with Gasteiger partial charge in [-0.15, -0.1) is 0 Å². The highest BCUT2D eigenvalue weighted by Crippen LogP contribution is 2.19. The molecule has 0 atom stereocenters. The standard InChI is InChI=1S/C14H11ClN2O/c15-11-5-3-10(4-6-11)8-12-9-17-7-1-2-13(18)14(17)16-12/h1-7,9,18H,8H2. The minimum absolute atomic E-state index is 0.194. The minimum atomic E-state index is 0.194. The Morgan fingerprint density at radius 2 is 1.94 bits per heavy atom. The van der Waals surface area contributed by atoms with Crippen molar-refractivity contribution in [3.8, 4) is 5.75 Å². The number of aromatic hydroxyl groups is 1. The van der Waals surface area contributed by atoms with E-state index in [4.69, 9.17) is 11.6 Å². The number of hydrogen-bond acceptors (Lipinski definition) is 2. The topological polar surface area (TPSA) is 37.5 Å². The molecule has 4 heteroatoms. The Labute approximate surface area is 109 Å². The molecule has 90 valence electrons. The molecular weight excluding hydrogens is 248 g/mol. The molecule has 3 aromatic rings. The minimum Gasteiger partial charge on any atom is -0.504 e. The lowest BCUT2D eigenvalue weighted by atomic mass is 10.1. The molecule has 0 saturated carbocycles. The van der Waals surface area contributed by atoms with Gasteiger partial charge in [-0.05, 0) is 29.8 Å². The first kappa shape index (κ1) is 11.1. The van der Waals surface area contributed by atoms with Gasteiger partial charge in [-0.2, -0.15) is 0 Å². The molecular formula is C14H11ClN2O. The average Bonchev–Trinajstić information content (AvgIpc) is 2.76. The number of aromatic nitrogens is 2. The van der Waals surface area contributed by atoms with Gasteiger partial charge < -0.3 is 9.51 Å². The van der Waals surface area contributed by atoms with Crippen LogP contribution in [0.25, 0.3) is 5.65 Å². The maximum Gasteiger partial charge on any atom is 0.179 e. The lowest BCUT2D eigenvalue weighted by Gasteiger charge is -1.97. The zero-order valence-electron chi connectivity index (χ0n) is 9.55.